The van der Waals surface area contributed by atoms with Gasteiger partial charge in [-0.1, -0.05) is 0 Å². The number of hydrogen-bond donors (Lipinski definition) is 0. The lowest BCUT2D eigenvalue weighted by molar-refractivity contribution is -0.363. The zero-order valence-corrected chi connectivity index (χ0v) is 17.6. The first-order valence-electron chi connectivity index (χ1n) is 9.54. The molecule has 0 atom stereocenters. The normalized spacial score (nSPS) is 19.5. The Morgan fingerprint density at radius 3 is 1.43 bits per heavy atom. The molecular weight excluding hydrogens is 531 g/mol. The van der Waals surface area contributed by atoms with E-state index in [2.05, 4.69) is 18.9 Å². The highest BCUT2D eigenvalue weighted by atomic mass is 19.4. The first-order valence-corrected chi connectivity index (χ1v) is 9.54. The second kappa shape index (κ2) is 12.0. The van der Waals surface area contributed by atoms with Crippen LogP contribution in [0.1, 0.15) is 0 Å². The summed E-state index contributed by atoms with van der Waals surface area (Å²) in [6.45, 7) is -5.86. The highest BCUT2D eigenvalue weighted by Gasteiger charge is 2.73. The third kappa shape index (κ3) is 10.8. The van der Waals surface area contributed by atoms with Gasteiger partial charge in [0.1, 0.15) is 19.8 Å². The van der Waals surface area contributed by atoms with Crippen LogP contribution in [0, 0.1) is 11.3 Å². The monoisotopic (exact) mass is 552 g/mol. The summed E-state index contributed by atoms with van der Waals surface area (Å²) >= 11 is 0. The van der Waals surface area contributed by atoms with Gasteiger partial charge in [-0.3, -0.25) is 0 Å². The predicted molar refractivity (Wildman–Crippen MR) is 88.1 cm³/mol. The van der Waals surface area contributed by atoms with E-state index in [1.807, 2.05) is 0 Å². The van der Waals surface area contributed by atoms with Crippen LogP contribution >= 0.6 is 0 Å². The summed E-state index contributed by atoms with van der Waals surface area (Å²) in [6, 6.07) is 0. The van der Waals surface area contributed by atoms with Gasteiger partial charge >= 0.3 is 30.4 Å². The van der Waals surface area contributed by atoms with E-state index in [-0.39, 0.29) is 25.7 Å². The van der Waals surface area contributed by atoms with Gasteiger partial charge in [-0.15, -0.1) is 0 Å². The summed E-state index contributed by atoms with van der Waals surface area (Å²) in [7, 11) is 0. The Kier molecular flexibility index (Phi) is 10.9. The lowest BCUT2D eigenvalue weighted by Crippen LogP contribution is -2.55. The molecule has 0 aromatic rings. The van der Waals surface area contributed by atoms with E-state index < -0.39 is 68.8 Å². The van der Waals surface area contributed by atoms with E-state index in [9.17, 15) is 57.1 Å². The molecule has 0 amide bonds. The fraction of sp³-hybridized carbons (Fsp3) is 1.00. The van der Waals surface area contributed by atoms with Crippen molar-refractivity contribution < 1.29 is 80.8 Å². The third-order valence-electron chi connectivity index (χ3n) is 4.32. The van der Waals surface area contributed by atoms with E-state index >= 15 is 0 Å². The number of ether oxygens (including phenoxy) is 5. The molecule has 0 N–H and O–H groups in total. The number of halogens is 13. The van der Waals surface area contributed by atoms with Crippen LogP contribution in [0.25, 0.3) is 0 Å². The Morgan fingerprint density at radius 2 is 1.09 bits per heavy atom. The molecule has 0 aliphatic carbocycles. The molecule has 0 unspecified atom stereocenters. The Morgan fingerprint density at radius 1 is 0.629 bits per heavy atom. The molecule has 35 heavy (non-hydrogen) atoms. The maximum absolute atomic E-state index is 13.0. The lowest BCUT2D eigenvalue weighted by Gasteiger charge is -2.41. The second-order valence-electron chi connectivity index (χ2n) is 7.90. The van der Waals surface area contributed by atoms with E-state index in [0.29, 0.717) is 13.2 Å². The molecule has 0 radical (unpaired) electrons. The number of alkyl halides is 13. The van der Waals surface area contributed by atoms with Crippen molar-refractivity contribution in [2.24, 2.45) is 11.3 Å². The Labute approximate surface area is 189 Å². The lowest BCUT2D eigenvalue weighted by atomic mass is 9.88. The van der Waals surface area contributed by atoms with Gasteiger partial charge in [0.05, 0.1) is 51.7 Å². The van der Waals surface area contributed by atoms with Gasteiger partial charge in [0.15, 0.2) is 0 Å². The van der Waals surface area contributed by atoms with Gasteiger partial charge in [0.25, 0.3) is 0 Å². The van der Waals surface area contributed by atoms with Crippen molar-refractivity contribution >= 4 is 0 Å². The molecule has 2 aliphatic rings. The second-order valence-corrected chi connectivity index (χ2v) is 7.90. The largest absolute Gasteiger partial charge is 0.459 e. The van der Waals surface area contributed by atoms with Crippen LogP contribution in [-0.4, -0.2) is 96.4 Å². The topological polar surface area (TPSA) is 46.2 Å². The molecule has 2 aliphatic heterocycles. The minimum atomic E-state index is -6.48. The SMILES string of the molecule is FC(F)(F)COCC1(COCC(F)(F)C(F)(F)C(F)(F)F)COC1.FC(F)(F)COCC1COC1. The Bertz CT molecular complexity index is 625. The zero-order chi connectivity index (χ0) is 27.2. The Balaban J connectivity index is 0.000000462. The van der Waals surface area contributed by atoms with Crippen LogP contribution in [0.4, 0.5) is 57.1 Å². The molecule has 0 spiro atoms. The highest BCUT2D eigenvalue weighted by molar-refractivity contribution is 4.92. The minimum absolute atomic E-state index is 0.152. The zero-order valence-electron chi connectivity index (χ0n) is 17.6. The van der Waals surface area contributed by atoms with E-state index in [4.69, 9.17) is 4.74 Å². The first-order chi connectivity index (χ1) is 15.7. The fourth-order valence-corrected chi connectivity index (χ4v) is 2.40. The molecule has 0 aromatic heterocycles. The van der Waals surface area contributed by atoms with Gasteiger partial charge in [-0.05, 0) is 0 Å². The molecular formula is C17H21F13O5. The summed E-state index contributed by atoms with van der Waals surface area (Å²) in [6.07, 6.45) is -15.3. The summed E-state index contributed by atoms with van der Waals surface area (Å²) in [5, 5.41) is 0. The van der Waals surface area contributed by atoms with Gasteiger partial charge < -0.3 is 23.7 Å². The van der Waals surface area contributed by atoms with Crippen molar-refractivity contribution in [1.29, 1.82) is 0 Å². The molecule has 2 rings (SSSR count). The van der Waals surface area contributed by atoms with Crippen molar-refractivity contribution in [2.45, 2.75) is 30.4 Å². The fourth-order valence-electron chi connectivity index (χ4n) is 2.40. The minimum Gasteiger partial charge on any atom is -0.381 e. The van der Waals surface area contributed by atoms with Crippen molar-refractivity contribution in [2.75, 3.05) is 66.1 Å². The average molecular weight is 552 g/mol. The molecule has 210 valence electrons. The summed E-state index contributed by atoms with van der Waals surface area (Å²) < 4.78 is 180. The number of rotatable bonds is 11. The highest BCUT2D eigenvalue weighted by Crippen LogP contribution is 2.46. The molecule has 5 nitrogen and oxygen atoms in total. The van der Waals surface area contributed by atoms with Crippen LogP contribution in [0.3, 0.4) is 0 Å². The summed E-state index contributed by atoms with van der Waals surface area (Å²) in [5.74, 6) is -11.7. The van der Waals surface area contributed by atoms with E-state index in [1.165, 1.54) is 0 Å². The number of hydrogen-bond acceptors (Lipinski definition) is 5. The van der Waals surface area contributed by atoms with Crippen LogP contribution in [0.5, 0.6) is 0 Å². The van der Waals surface area contributed by atoms with E-state index in [1.54, 1.807) is 0 Å². The molecule has 18 heteroatoms. The molecule has 0 saturated carbocycles. The van der Waals surface area contributed by atoms with Crippen molar-refractivity contribution in [1.82, 2.24) is 0 Å². The maximum Gasteiger partial charge on any atom is 0.459 e. The van der Waals surface area contributed by atoms with Crippen LogP contribution in [0.2, 0.25) is 0 Å². The molecule has 2 fully saturated rings. The Hall–Kier alpha value is -1.11. The van der Waals surface area contributed by atoms with Crippen molar-refractivity contribution in [3.8, 4) is 0 Å². The van der Waals surface area contributed by atoms with Crippen LogP contribution < -0.4 is 0 Å². The average Bonchev–Trinajstić information content (AvgIpc) is 2.58. The summed E-state index contributed by atoms with van der Waals surface area (Å²) in [4.78, 5) is 0. The predicted octanol–water partition coefficient (Wildman–Crippen LogP) is 4.64. The molecule has 2 saturated heterocycles. The summed E-state index contributed by atoms with van der Waals surface area (Å²) in [5.41, 5.74) is -1.31. The van der Waals surface area contributed by atoms with Gasteiger partial charge in [-0.25, -0.2) is 0 Å². The first kappa shape index (κ1) is 31.9. The molecule has 2 heterocycles. The van der Waals surface area contributed by atoms with Gasteiger partial charge in [0, 0.05) is 5.92 Å². The van der Waals surface area contributed by atoms with E-state index in [0.717, 1.165) is 0 Å². The van der Waals surface area contributed by atoms with Gasteiger partial charge in [-0.2, -0.15) is 57.1 Å². The van der Waals surface area contributed by atoms with Gasteiger partial charge in [0.2, 0.25) is 0 Å². The third-order valence-corrected chi connectivity index (χ3v) is 4.32. The quantitative estimate of drug-likeness (QED) is 0.350. The molecule has 0 bridgehead atoms. The van der Waals surface area contributed by atoms with Crippen molar-refractivity contribution in [3.05, 3.63) is 0 Å². The van der Waals surface area contributed by atoms with Crippen LogP contribution in [0.15, 0.2) is 0 Å². The van der Waals surface area contributed by atoms with Crippen LogP contribution in [-0.2, 0) is 23.7 Å². The smallest absolute Gasteiger partial charge is 0.381 e. The standard InChI is InChI=1S/C11H12F10O3.C6H9F3O2/c12-8(13,10(17,18)11(19,20)21)5-23-3-7(1-22-2-7)4-24-6-9(14,15)16;7-6(8,9)4-11-3-5-1-10-2-5/h1-6H2;5H,1-4H2. The van der Waals surface area contributed by atoms with Crippen molar-refractivity contribution in [3.63, 3.8) is 0 Å². The maximum atomic E-state index is 13.0. The molecule has 0 aromatic carbocycles.